The predicted molar refractivity (Wildman–Crippen MR) is 76.3 cm³/mol. The summed E-state index contributed by atoms with van der Waals surface area (Å²) in [4.78, 5) is 11.2. The SMILES string of the molecule is CCc1cc2c(NCC3CCNC3)ncnc2s1. The molecule has 1 saturated heterocycles. The maximum absolute atomic E-state index is 4.38. The summed E-state index contributed by atoms with van der Waals surface area (Å²) in [7, 11) is 0. The van der Waals surface area contributed by atoms with Gasteiger partial charge >= 0.3 is 0 Å². The maximum Gasteiger partial charge on any atom is 0.138 e. The molecule has 0 saturated carbocycles. The Bertz CT molecular complexity index is 531. The van der Waals surface area contributed by atoms with Crippen molar-refractivity contribution in [3.63, 3.8) is 0 Å². The Labute approximate surface area is 111 Å². The molecule has 3 rings (SSSR count). The Morgan fingerprint density at radius 1 is 1.50 bits per heavy atom. The van der Waals surface area contributed by atoms with E-state index in [1.807, 2.05) is 0 Å². The van der Waals surface area contributed by atoms with Crippen LogP contribution in [0.2, 0.25) is 0 Å². The van der Waals surface area contributed by atoms with Crippen molar-refractivity contribution < 1.29 is 0 Å². The van der Waals surface area contributed by atoms with E-state index in [0.29, 0.717) is 0 Å². The van der Waals surface area contributed by atoms with Crippen molar-refractivity contribution in [3.8, 4) is 0 Å². The highest BCUT2D eigenvalue weighted by molar-refractivity contribution is 7.18. The van der Waals surface area contributed by atoms with E-state index in [1.165, 1.54) is 16.7 Å². The summed E-state index contributed by atoms with van der Waals surface area (Å²) in [6, 6.07) is 2.22. The average Bonchev–Trinajstić information content (AvgIpc) is 3.04. The fourth-order valence-corrected chi connectivity index (χ4v) is 3.29. The Hall–Kier alpha value is -1.20. The minimum absolute atomic E-state index is 0.722. The lowest BCUT2D eigenvalue weighted by molar-refractivity contribution is 0.614. The van der Waals surface area contributed by atoms with Crippen LogP contribution in [0.4, 0.5) is 5.82 Å². The van der Waals surface area contributed by atoms with Crippen molar-refractivity contribution in [2.24, 2.45) is 5.92 Å². The third kappa shape index (κ3) is 2.33. The fraction of sp³-hybridized carbons (Fsp3) is 0.538. The third-order valence-electron chi connectivity index (χ3n) is 3.45. The van der Waals surface area contributed by atoms with Gasteiger partial charge in [-0.15, -0.1) is 11.3 Å². The van der Waals surface area contributed by atoms with Crippen LogP contribution in [-0.4, -0.2) is 29.6 Å². The lowest BCUT2D eigenvalue weighted by atomic mass is 10.1. The molecular weight excluding hydrogens is 244 g/mol. The number of hydrogen-bond acceptors (Lipinski definition) is 5. The van der Waals surface area contributed by atoms with Crippen LogP contribution in [0.5, 0.6) is 0 Å². The summed E-state index contributed by atoms with van der Waals surface area (Å²) < 4.78 is 0. The third-order valence-corrected chi connectivity index (χ3v) is 4.64. The van der Waals surface area contributed by atoms with Gasteiger partial charge in [-0.25, -0.2) is 9.97 Å². The number of rotatable bonds is 4. The van der Waals surface area contributed by atoms with Crippen molar-refractivity contribution in [2.75, 3.05) is 25.0 Å². The Morgan fingerprint density at radius 3 is 3.22 bits per heavy atom. The number of fused-ring (bicyclic) bond motifs is 1. The molecular formula is C13H18N4S. The first-order chi connectivity index (χ1) is 8.86. The highest BCUT2D eigenvalue weighted by Crippen LogP contribution is 2.28. The van der Waals surface area contributed by atoms with Gasteiger partial charge in [0.2, 0.25) is 0 Å². The van der Waals surface area contributed by atoms with Crippen LogP contribution in [0, 0.1) is 5.92 Å². The molecule has 0 spiro atoms. The number of anilines is 1. The van der Waals surface area contributed by atoms with E-state index >= 15 is 0 Å². The number of aryl methyl sites for hydroxylation is 1. The zero-order chi connectivity index (χ0) is 12.4. The standard InChI is InChI=1S/C13H18N4S/c1-2-10-5-11-12(16-8-17-13(11)18-10)15-7-9-3-4-14-6-9/h5,8-9,14H,2-4,6-7H2,1H3,(H,15,16,17). The van der Waals surface area contributed by atoms with E-state index in [4.69, 9.17) is 0 Å². The molecule has 0 aromatic carbocycles. The van der Waals surface area contributed by atoms with Gasteiger partial charge in [0.05, 0.1) is 5.39 Å². The maximum atomic E-state index is 4.38. The molecule has 1 aliphatic heterocycles. The van der Waals surface area contributed by atoms with Crippen LogP contribution in [0.3, 0.4) is 0 Å². The first-order valence-corrected chi connectivity index (χ1v) is 7.36. The van der Waals surface area contributed by atoms with Gasteiger partial charge in [0.25, 0.3) is 0 Å². The molecule has 4 nitrogen and oxygen atoms in total. The largest absolute Gasteiger partial charge is 0.369 e. The molecule has 18 heavy (non-hydrogen) atoms. The summed E-state index contributed by atoms with van der Waals surface area (Å²) in [5.41, 5.74) is 0. The predicted octanol–water partition coefficient (Wildman–Crippen LogP) is 2.28. The second-order valence-corrected chi connectivity index (χ2v) is 5.86. The molecule has 5 heteroatoms. The Morgan fingerprint density at radius 2 is 2.44 bits per heavy atom. The number of thiophene rings is 1. The summed E-state index contributed by atoms with van der Waals surface area (Å²) in [6.45, 7) is 5.43. The molecule has 2 aromatic heterocycles. The average molecular weight is 262 g/mol. The van der Waals surface area contributed by atoms with Gasteiger partial charge < -0.3 is 10.6 Å². The summed E-state index contributed by atoms with van der Waals surface area (Å²) >= 11 is 1.77. The summed E-state index contributed by atoms with van der Waals surface area (Å²) in [5.74, 6) is 1.71. The molecule has 96 valence electrons. The molecule has 2 aromatic rings. The van der Waals surface area contributed by atoms with E-state index in [1.54, 1.807) is 17.7 Å². The molecule has 0 amide bonds. The van der Waals surface area contributed by atoms with Crippen LogP contribution < -0.4 is 10.6 Å². The normalized spacial score (nSPS) is 19.5. The smallest absolute Gasteiger partial charge is 0.138 e. The topological polar surface area (TPSA) is 49.8 Å². The molecule has 2 N–H and O–H groups in total. The van der Waals surface area contributed by atoms with Crippen molar-refractivity contribution in [3.05, 3.63) is 17.3 Å². The van der Waals surface area contributed by atoms with Crippen LogP contribution in [-0.2, 0) is 6.42 Å². The zero-order valence-electron chi connectivity index (χ0n) is 10.6. The monoisotopic (exact) mass is 262 g/mol. The van der Waals surface area contributed by atoms with Gasteiger partial charge in [-0.1, -0.05) is 6.92 Å². The molecule has 0 radical (unpaired) electrons. The van der Waals surface area contributed by atoms with E-state index in [-0.39, 0.29) is 0 Å². The molecule has 1 unspecified atom stereocenters. The summed E-state index contributed by atoms with van der Waals surface area (Å²) in [5, 5.41) is 8.04. The van der Waals surface area contributed by atoms with E-state index in [9.17, 15) is 0 Å². The molecule has 3 heterocycles. The minimum atomic E-state index is 0.722. The number of aromatic nitrogens is 2. The molecule has 0 bridgehead atoms. The van der Waals surface area contributed by atoms with Crippen molar-refractivity contribution in [2.45, 2.75) is 19.8 Å². The van der Waals surface area contributed by atoms with Crippen molar-refractivity contribution in [1.29, 1.82) is 0 Å². The quantitative estimate of drug-likeness (QED) is 0.887. The minimum Gasteiger partial charge on any atom is -0.369 e. The number of nitrogens with zero attached hydrogens (tertiary/aromatic N) is 2. The van der Waals surface area contributed by atoms with Gasteiger partial charge in [-0.2, -0.15) is 0 Å². The van der Waals surface area contributed by atoms with Gasteiger partial charge in [0, 0.05) is 11.4 Å². The first kappa shape index (κ1) is 11.9. The molecule has 0 aliphatic carbocycles. The number of hydrogen-bond donors (Lipinski definition) is 2. The Balaban J connectivity index is 1.79. The Kier molecular flexibility index (Phi) is 3.43. The second-order valence-electron chi connectivity index (χ2n) is 4.75. The van der Waals surface area contributed by atoms with Gasteiger partial charge in [-0.3, -0.25) is 0 Å². The highest BCUT2D eigenvalue weighted by Gasteiger charge is 2.15. The zero-order valence-corrected chi connectivity index (χ0v) is 11.4. The van der Waals surface area contributed by atoms with Crippen molar-refractivity contribution >= 4 is 27.4 Å². The first-order valence-electron chi connectivity index (χ1n) is 6.55. The molecule has 1 atom stereocenters. The fourth-order valence-electron chi connectivity index (χ4n) is 2.35. The van der Waals surface area contributed by atoms with E-state index in [0.717, 1.165) is 42.6 Å². The van der Waals surface area contributed by atoms with E-state index < -0.39 is 0 Å². The van der Waals surface area contributed by atoms with Crippen LogP contribution >= 0.6 is 11.3 Å². The van der Waals surface area contributed by atoms with Gasteiger partial charge in [0.1, 0.15) is 17.0 Å². The summed E-state index contributed by atoms with van der Waals surface area (Å²) in [6.07, 6.45) is 3.98. The highest BCUT2D eigenvalue weighted by atomic mass is 32.1. The van der Waals surface area contributed by atoms with Gasteiger partial charge in [0.15, 0.2) is 0 Å². The second kappa shape index (κ2) is 5.20. The van der Waals surface area contributed by atoms with Crippen LogP contribution in [0.25, 0.3) is 10.2 Å². The lowest BCUT2D eigenvalue weighted by Crippen LogP contribution is -2.17. The number of nitrogens with one attached hydrogen (secondary N) is 2. The molecule has 1 aliphatic rings. The van der Waals surface area contributed by atoms with Crippen LogP contribution in [0.15, 0.2) is 12.4 Å². The van der Waals surface area contributed by atoms with Crippen molar-refractivity contribution in [1.82, 2.24) is 15.3 Å². The van der Waals surface area contributed by atoms with Crippen LogP contribution in [0.1, 0.15) is 18.2 Å². The lowest BCUT2D eigenvalue weighted by Gasteiger charge is -2.10. The van der Waals surface area contributed by atoms with Gasteiger partial charge in [-0.05, 0) is 37.9 Å². The molecule has 1 fully saturated rings. The van der Waals surface area contributed by atoms with E-state index in [2.05, 4.69) is 33.6 Å².